The van der Waals surface area contributed by atoms with E-state index in [9.17, 15) is 0 Å². The van der Waals surface area contributed by atoms with E-state index in [0.29, 0.717) is 6.04 Å². The SMILES string of the molecule is CNC(CSC1CCCCC1)Cc1cn2ccsc2n1. The number of imidazole rings is 1. The lowest BCUT2D eigenvalue weighted by atomic mass is 10.0. The zero-order chi connectivity index (χ0) is 13.8. The molecule has 1 saturated carbocycles. The molecule has 0 aromatic carbocycles. The van der Waals surface area contributed by atoms with Gasteiger partial charge in [-0.2, -0.15) is 11.8 Å². The molecule has 0 bridgehead atoms. The van der Waals surface area contributed by atoms with E-state index in [2.05, 4.69) is 51.3 Å². The molecular formula is C15H23N3S2. The van der Waals surface area contributed by atoms with Crippen LogP contribution in [0.25, 0.3) is 4.96 Å². The molecule has 3 nitrogen and oxygen atoms in total. The quantitative estimate of drug-likeness (QED) is 0.884. The number of rotatable bonds is 6. The zero-order valence-corrected chi connectivity index (χ0v) is 13.7. The van der Waals surface area contributed by atoms with E-state index in [-0.39, 0.29) is 0 Å². The Balaban J connectivity index is 1.52. The van der Waals surface area contributed by atoms with Gasteiger partial charge in [0, 0.05) is 41.2 Å². The number of aromatic nitrogens is 2. The third-order valence-electron chi connectivity index (χ3n) is 4.09. The molecule has 1 N–H and O–H groups in total. The molecule has 0 saturated heterocycles. The van der Waals surface area contributed by atoms with Crippen LogP contribution < -0.4 is 5.32 Å². The molecule has 20 heavy (non-hydrogen) atoms. The Bertz CT molecular complexity index is 499. The normalized spacial score (nSPS) is 18.6. The average molecular weight is 310 g/mol. The second-order valence-corrected chi connectivity index (χ2v) is 7.81. The lowest BCUT2D eigenvalue weighted by molar-refractivity contribution is 0.514. The van der Waals surface area contributed by atoms with E-state index >= 15 is 0 Å². The molecule has 2 aromatic rings. The summed E-state index contributed by atoms with van der Waals surface area (Å²) < 4.78 is 2.13. The maximum absolute atomic E-state index is 4.69. The topological polar surface area (TPSA) is 29.3 Å². The lowest BCUT2D eigenvalue weighted by Crippen LogP contribution is -2.31. The summed E-state index contributed by atoms with van der Waals surface area (Å²) in [6.07, 6.45) is 12.4. The predicted molar refractivity (Wildman–Crippen MR) is 89.0 cm³/mol. The summed E-state index contributed by atoms with van der Waals surface area (Å²) in [4.78, 5) is 5.79. The molecule has 1 unspecified atom stereocenters. The second-order valence-electron chi connectivity index (χ2n) is 5.61. The fourth-order valence-corrected chi connectivity index (χ4v) is 5.03. The summed E-state index contributed by atoms with van der Waals surface area (Å²) in [5, 5.41) is 6.44. The molecule has 0 spiro atoms. The molecule has 3 rings (SSSR count). The molecule has 0 amide bonds. The van der Waals surface area contributed by atoms with Gasteiger partial charge in [-0.15, -0.1) is 11.3 Å². The smallest absolute Gasteiger partial charge is 0.193 e. The first kappa shape index (κ1) is 14.4. The van der Waals surface area contributed by atoms with Crippen molar-refractivity contribution < 1.29 is 0 Å². The molecule has 1 fully saturated rings. The van der Waals surface area contributed by atoms with Crippen molar-refractivity contribution in [1.29, 1.82) is 0 Å². The van der Waals surface area contributed by atoms with Crippen LogP contribution in [0.4, 0.5) is 0 Å². The van der Waals surface area contributed by atoms with E-state index in [4.69, 9.17) is 0 Å². The van der Waals surface area contributed by atoms with Crippen LogP contribution in [0.15, 0.2) is 17.8 Å². The van der Waals surface area contributed by atoms with Crippen LogP contribution in [-0.4, -0.2) is 33.5 Å². The predicted octanol–water partition coefficient (Wildman–Crippen LogP) is 3.59. The molecule has 1 aliphatic carbocycles. The van der Waals surface area contributed by atoms with E-state index in [1.165, 1.54) is 43.6 Å². The Morgan fingerprint density at radius 1 is 1.45 bits per heavy atom. The first-order valence-corrected chi connectivity index (χ1v) is 9.48. The summed E-state index contributed by atoms with van der Waals surface area (Å²) in [6.45, 7) is 0. The molecule has 2 aromatic heterocycles. The lowest BCUT2D eigenvalue weighted by Gasteiger charge is -2.23. The minimum absolute atomic E-state index is 0.534. The number of thiazole rings is 1. The fourth-order valence-electron chi connectivity index (χ4n) is 2.86. The van der Waals surface area contributed by atoms with Gasteiger partial charge in [-0.1, -0.05) is 19.3 Å². The van der Waals surface area contributed by atoms with Crippen LogP contribution in [0.2, 0.25) is 0 Å². The largest absolute Gasteiger partial charge is 0.316 e. The minimum atomic E-state index is 0.534. The van der Waals surface area contributed by atoms with Crippen molar-refractivity contribution in [2.45, 2.75) is 49.8 Å². The molecule has 5 heteroatoms. The van der Waals surface area contributed by atoms with Crippen LogP contribution in [0.5, 0.6) is 0 Å². The summed E-state index contributed by atoms with van der Waals surface area (Å²) in [5.74, 6) is 1.20. The molecule has 1 atom stereocenters. The van der Waals surface area contributed by atoms with Crippen molar-refractivity contribution in [2.75, 3.05) is 12.8 Å². The first-order valence-electron chi connectivity index (χ1n) is 7.55. The highest BCUT2D eigenvalue weighted by Gasteiger charge is 2.17. The van der Waals surface area contributed by atoms with Gasteiger partial charge in [0.2, 0.25) is 0 Å². The van der Waals surface area contributed by atoms with E-state index < -0.39 is 0 Å². The summed E-state index contributed by atoms with van der Waals surface area (Å²) in [6, 6.07) is 0.534. The second kappa shape index (κ2) is 6.96. The van der Waals surface area contributed by atoms with Crippen LogP contribution in [0.1, 0.15) is 37.8 Å². The zero-order valence-electron chi connectivity index (χ0n) is 12.0. The Morgan fingerprint density at radius 3 is 3.05 bits per heavy atom. The van der Waals surface area contributed by atoms with Gasteiger partial charge in [0.05, 0.1) is 5.69 Å². The van der Waals surface area contributed by atoms with Crippen molar-refractivity contribution in [3.63, 3.8) is 0 Å². The Labute approximate surface area is 129 Å². The van der Waals surface area contributed by atoms with Crippen molar-refractivity contribution in [3.8, 4) is 0 Å². The molecular weight excluding hydrogens is 286 g/mol. The highest BCUT2D eigenvalue weighted by molar-refractivity contribution is 7.99. The maximum atomic E-state index is 4.69. The van der Waals surface area contributed by atoms with Gasteiger partial charge < -0.3 is 5.32 Å². The molecule has 2 heterocycles. The fraction of sp³-hybridized carbons (Fsp3) is 0.667. The van der Waals surface area contributed by atoms with Crippen molar-refractivity contribution in [1.82, 2.24) is 14.7 Å². The van der Waals surface area contributed by atoms with Gasteiger partial charge in [0.15, 0.2) is 4.96 Å². The molecule has 1 aliphatic rings. The average Bonchev–Trinajstić information content (AvgIpc) is 3.05. The summed E-state index contributed by atoms with van der Waals surface area (Å²) in [7, 11) is 2.07. The van der Waals surface area contributed by atoms with Crippen LogP contribution in [0.3, 0.4) is 0 Å². The number of nitrogens with one attached hydrogen (secondary N) is 1. The maximum Gasteiger partial charge on any atom is 0.193 e. The van der Waals surface area contributed by atoms with Gasteiger partial charge in [-0.05, 0) is 19.9 Å². The Morgan fingerprint density at radius 2 is 2.30 bits per heavy atom. The van der Waals surface area contributed by atoms with Gasteiger partial charge in [-0.25, -0.2) is 4.98 Å². The van der Waals surface area contributed by atoms with Crippen molar-refractivity contribution >= 4 is 28.1 Å². The summed E-state index contributed by atoms with van der Waals surface area (Å²) >= 11 is 3.87. The van der Waals surface area contributed by atoms with Crippen LogP contribution in [0, 0.1) is 0 Å². The Hall–Kier alpha value is -0.520. The number of nitrogens with zero attached hydrogens (tertiary/aromatic N) is 2. The third kappa shape index (κ3) is 3.57. The van der Waals surface area contributed by atoms with E-state index in [1.807, 2.05) is 0 Å². The van der Waals surface area contributed by atoms with E-state index in [1.54, 1.807) is 11.3 Å². The third-order valence-corrected chi connectivity index (χ3v) is 6.40. The van der Waals surface area contributed by atoms with E-state index in [0.717, 1.165) is 16.6 Å². The summed E-state index contributed by atoms with van der Waals surface area (Å²) in [5.41, 5.74) is 1.21. The van der Waals surface area contributed by atoms with Crippen molar-refractivity contribution in [2.24, 2.45) is 0 Å². The molecule has 0 aliphatic heterocycles. The molecule has 0 radical (unpaired) electrons. The van der Waals surface area contributed by atoms with Crippen LogP contribution in [-0.2, 0) is 6.42 Å². The number of hydrogen-bond donors (Lipinski definition) is 1. The number of fused-ring (bicyclic) bond motifs is 1. The van der Waals surface area contributed by atoms with Crippen LogP contribution >= 0.6 is 23.1 Å². The highest BCUT2D eigenvalue weighted by atomic mass is 32.2. The Kier molecular flexibility index (Phi) is 5.02. The number of likely N-dealkylation sites (N-methyl/N-ethyl adjacent to an activating group) is 1. The molecule has 110 valence electrons. The minimum Gasteiger partial charge on any atom is -0.316 e. The van der Waals surface area contributed by atoms with Gasteiger partial charge >= 0.3 is 0 Å². The van der Waals surface area contributed by atoms with Crippen molar-refractivity contribution in [3.05, 3.63) is 23.5 Å². The van der Waals surface area contributed by atoms with Gasteiger partial charge in [0.1, 0.15) is 0 Å². The first-order chi connectivity index (χ1) is 9.85. The van der Waals surface area contributed by atoms with Gasteiger partial charge in [-0.3, -0.25) is 4.40 Å². The van der Waals surface area contributed by atoms with Gasteiger partial charge in [0.25, 0.3) is 0 Å². The standard InChI is InChI=1S/C15H23N3S2/c1-16-13(11-20-14-5-3-2-4-6-14)9-12-10-18-7-8-19-15(18)17-12/h7-8,10,13-14,16H,2-6,9,11H2,1H3. The highest BCUT2D eigenvalue weighted by Crippen LogP contribution is 2.28. The number of thioether (sulfide) groups is 1. The number of hydrogen-bond acceptors (Lipinski definition) is 4. The monoisotopic (exact) mass is 309 g/mol.